The summed E-state index contributed by atoms with van der Waals surface area (Å²) in [6.07, 6.45) is 1.22. The Kier molecular flexibility index (Phi) is 7.23. The number of amides is 1. The maximum Gasteiger partial charge on any atom is 0.328 e. The van der Waals surface area contributed by atoms with Crippen molar-refractivity contribution in [3.8, 4) is 5.75 Å². The number of carbonyl (C=O) groups is 2. The van der Waals surface area contributed by atoms with Crippen LogP contribution >= 0.6 is 0 Å². The third kappa shape index (κ3) is 5.13. The average molecular weight is 395 g/mol. The Labute approximate surface area is 164 Å². The third-order valence-corrected chi connectivity index (χ3v) is 5.00. The van der Waals surface area contributed by atoms with Gasteiger partial charge in [-0.15, -0.1) is 0 Å². The Bertz CT molecular complexity index is 762. The lowest BCUT2D eigenvalue weighted by Gasteiger charge is -2.36. The van der Waals surface area contributed by atoms with Gasteiger partial charge in [0, 0.05) is 31.1 Å². The number of carbonyl (C=O) groups excluding carboxylic acids is 2. The zero-order valence-corrected chi connectivity index (χ0v) is 16.9. The van der Waals surface area contributed by atoms with E-state index in [1.807, 2.05) is 13.8 Å². The number of hydrogen-bond donors (Lipinski definition) is 2. The molecule has 1 saturated heterocycles. The van der Waals surface area contributed by atoms with E-state index in [1.54, 1.807) is 6.92 Å². The van der Waals surface area contributed by atoms with E-state index < -0.39 is 28.6 Å². The second-order valence-corrected chi connectivity index (χ2v) is 7.74. The lowest BCUT2D eigenvalue weighted by molar-refractivity contribution is -0.145. The zero-order chi connectivity index (χ0) is 20.9. The monoisotopic (exact) mass is 395 g/mol. The van der Waals surface area contributed by atoms with E-state index in [2.05, 4.69) is 5.32 Å². The molecule has 1 unspecified atom stereocenters. The van der Waals surface area contributed by atoms with Crippen LogP contribution in [0.3, 0.4) is 0 Å². The van der Waals surface area contributed by atoms with E-state index in [-0.39, 0.29) is 24.0 Å². The van der Waals surface area contributed by atoms with E-state index in [0.29, 0.717) is 38.2 Å². The number of rotatable bonds is 7. The number of aryl methyl sites for hydroxylation is 1. The summed E-state index contributed by atoms with van der Waals surface area (Å²) >= 11 is 0. The fraction of sp³-hybridized carbons (Fsp3) is 0.650. The molecule has 28 heavy (non-hydrogen) atoms. The van der Waals surface area contributed by atoms with Gasteiger partial charge in [0.2, 0.25) is 17.1 Å². The minimum Gasteiger partial charge on any atom is -0.502 e. The maximum atomic E-state index is 12.8. The van der Waals surface area contributed by atoms with Gasteiger partial charge < -0.3 is 24.3 Å². The first-order valence-electron chi connectivity index (χ1n) is 9.47. The van der Waals surface area contributed by atoms with Crippen LogP contribution in [0.4, 0.5) is 0 Å². The van der Waals surface area contributed by atoms with Gasteiger partial charge in [-0.2, -0.15) is 0 Å². The highest BCUT2D eigenvalue weighted by atomic mass is 16.5. The molecule has 0 bridgehead atoms. The summed E-state index contributed by atoms with van der Waals surface area (Å²) in [7, 11) is 1.28. The van der Waals surface area contributed by atoms with Gasteiger partial charge in [-0.25, -0.2) is 4.79 Å². The van der Waals surface area contributed by atoms with Crippen molar-refractivity contribution >= 4 is 11.9 Å². The molecule has 8 nitrogen and oxygen atoms in total. The first-order chi connectivity index (χ1) is 13.2. The summed E-state index contributed by atoms with van der Waals surface area (Å²) in [5.41, 5.74) is -1.42. The summed E-state index contributed by atoms with van der Waals surface area (Å²) < 4.78 is 15.9. The summed E-state index contributed by atoms with van der Waals surface area (Å²) in [5.74, 6) is -0.715. The van der Waals surface area contributed by atoms with E-state index in [0.717, 1.165) is 0 Å². The molecule has 1 amide bonds. The number of esters is 1. The summed E-state index contributed by atoms with van der Waals surface area (Å²) in [5, 5.41) is 13.1. The molecule has 0 aliphatic carbocycles. The van der Waals surface area contributed by atoms with E-state index >= 15 is 0 Å². The van der Waals surface area contributed by atoms with Crippen molar-refractivity contribution in [3.63, 3.8) is 0 Å². The minimum atomic E-state index is -0.879. The Morgan fingerprint density at radius 3 is 2.54 bits per heavy atom. The fourth-order valence-corrected chi connectivity index (χ4v) is 3.59. The summed E-state index contributed by atoms with van der Waals surface area (Å²) in [6, 6.07) is 0.453. The predicted octanol–water partition coefficient (Wildman–Crippen LogP) is 1.80. The van der Waals surface area contributed by atoms with Crippen LogP contribution in [-0.2, 0) is 24.5 Å². The van der Waals surface area contributed by atoms with Gasteiger partial charge in [-0.05, 0) is 32.1 Å². The molecule has 0 radical (unpaired) electrons. The molecule has 1 fully saturated rings. The van der Waals surface area contributed by atoms with Gasteiger partial charge in [0.05, 0.1) is 7.11 Å². The molecule has 2 N–H and O–H groups in total. The number of nitrogens with one attached hydrogen (secondary N) is 1. The molecule has 1 aliphatic heterocycles. The molecule has 2 heterocycles. The van der Waals surface area contributed by atoms with Crippen LogP contribution in [-0.4, -0.2) is 43.3 Å². The quantitative estimate of drug-likeness (QED) is 0.676. The first-order valence-corrected chi connectivity index (χ1v) is 9.47. The number of ether oxygens (including phenoxy) is 2. The third-order valence-electron chi connectivity index (χ3n) is 5.00. The lowest BCUT2D eigenvalue weighted by Crippen LogP contribution is -2.46. The van der Waals surface area contributed by atoms with Crippen molar-refractivity contribution in [2.75, 3.05) is 20.3 Å². The normalized spacial score (nSPS) is 17.2. The molecular formula is C20H29NO7. The van der Waals surface area contributed by atoms with Crippen molar-refractivity contribution in [2.45, 2.75) is 57.9 Å². The number of methoxy groups -OCH3 is 1. The van der Waals surface area contributed by atoms with Crippen molar-refractivity contribution in [3.05, 3.63) is 27.8 Å². The number of hydrogen-bond acceptors (Lipinski definition) is 7. The highest BCUT2D eigenvalue weighted by Gasteiger charge is 2.42. The largest absolute Gasteiger partial charge is 0.502 e. The van der Waals surface area contributed by atoms with Gasteiger partial charge >= 0.3 is 5.97 Å². The highest BCUT2D eigenvalue weighted by Crippen LogP contribution is 2.41. The molecular weight excluding hydrogens is 366 g/mol. The van der Waals surface area contributed by atoms with E-state index in [1.165, 1.54) is 13.2 Å². The fourth-order valence-electron chi connectivity index (χ4n) is 3.59. The molecule has 1 atom stereocenters. The van der Waals surface area contributed by atoms with E-state index in [9.17, 15) is 19.5 Å². The van der Waals surface area contributed by atoms with Crippen molar-refractivity contribution in [1.82, 2.24) is 5.32 Å². The van der Waals surface area contributed by atoms with Crippen LogP contribution in [0.5, 0.6) is 5.75 Å². The molecule has 1 aromatic heterocycles. The van der Waals surface area contributed by atoms with Crippen LogP contribution in [0.25, 0.3) is 0 Å². The Morgan fingerprint density at radius 2 is 1.96 bits per heavy atom. The smallest absolute Gasteiger partial charge is 0.328 e. The Hall–Kier alpha value is -2.35. The molecule has 0 spiro atoms. The standard InChI is InChI=1S/C20H29NO7/c1-12(2)9-14(19(25)26-4)21-16(23)11-20(5-7-27-8-6-20)18-17(24)15(22)10-13(3)28-18/h10,12,14,24H,5-9,11H2,1-4H3,(H,21,23). The first kappa shape index (κ1) is 21.9. The maximum absolute atomic E-state index is 12.8. The van der Waals surface area contributed by atoms with E-state index in [4.69, 9.17) is 13.9 Å². The summed E-state index contributed by atoms with van der Waals surface area (Å²) in [6.45, 7) is 6.25. The molecule has 1 aliphatic rings. The average Bonchev–Trinajstić information content (AvgIpc) is 2.63. The van der Waals surface area contributed by atoms with Crippen LogP contribution < -0.4 is 10.7 Å². The number of aromatic hydroxyl groups is 1. The van der Waals surface area contributed by atoms with Gasteiger partial charge in [0.15, 0.2) is 5.76 Å². The molecule has 0 saturated carbocycles. The second-order valence-electron chi connectivity index (χ2n) is 7.74. The van der Waals surface area contributed by atoms with Crippen LogP contribution in [0.15, 0.2) is 15.3 Å². The van der Waals surface area contributed by atoms with Crippen LogP contribution in [0.2, 0.25) is 0 Å². The Morgan fingerprint density at radius 1 is 1.32 bits per heavy atom. The highest BCUT2D eigenvalue weighted by molar-refractivity contribution is 5.85. The van der Waals surface area contributed by atoms with Gasteiger partial charge in [0.1, 0.15) is 11.8 Å². The molecule has 2 rings (SSSR count). The SMILES string of the molecule is COC(=O)C(CC(C)C)NC(=O)CC1(c2oc(C)cc(=O)c2O)CCOCC1. The molecule has 0 aromatic carbocycles. The van der Waals surface area contributed by atoms with Gasteiger partial charge in [-0.3, -0.25) is 9.59 Å². The van der Waals surface area contributed by atoms with Gasteiger partial charge in [-0.1, -0.05) is 13.8 Å². The van der Waals surface area contributed by atoms with Crippen molar-refractivity contribution < 1.29 is 28.6 Å². The predicted molar refractivity (Wildman–Crippen MR) is 101 cm³/mol. The molecule has 156 valence electrons. The van der Waals surface area contributed by atoms with Crippen LogP contribution in [0, 0.1) is 12.8 Å². The van der Waals surface area contributed by atoms with Gasteiger partial charge in [0.25, 0.3) is 0 Å². The lowest BCUT2D eigenvalue weighted by atomic mass is 9.74. The second kappa shape index (κ2) is 9.23. The molecule has 8 heteroatoms. The topological polar surface area (TPSA) is 115 Å². The van der Waals surface area contributed by atoms with Crippen LogP contribution in [0.1, 0.15) is 51.1 Å². The molecule has 1 aromatic rings. The summed E-state index contributed by atoms with van der Waals surface area (Å²) in [4.78, 5) is 36.9. The zero-order valence-electron chi connectivity index (χ0n) is 16.9. The van der Waals surface area contributed by atoms with Crippen molar-refractivity contribution in [1.29, 1.82) is 0 Å². The minimum absolute atomic E-state index is 0.0398. The van der Waals surface area contributed by atoms with Crippen molar-refractivity contribution in [2.24, 2.45) is 5.92 Å². The Balaban J connectivity index is 2.30.